The van der Waals surface area contributed by atoms with Crippen LogP contribution >= 0.6 is 0 Å². The van der Waals surface area contributed by atoms with Crippen LogP contribution in [-0.2, 0) is 6.18 Å². The van der Waals surface area contributed by atoms with E-state index < -0.39 is 11.7 Å². The van der Waals surface area contributed by atoms with Gasteiger partial charge in [-0.3, -0.25) is 4.79 Å². The van der Waals surface area contributed by atoms with Crippen molar-refractivity contribution in [3.05, 3.63) is 59.9 Å². The lowest BCUT2D eigenvalue weighted by Gasteiger charge is -2.48. The van der Waals surface area contributed by atoms with E-state index in [1.54, 1.807) is 6.07 Å². The lowest BCUT2D eigenvalue weighted by molar-refractivity contribution is -0.137. The highest BCUT2D eigenvalue weighted by molar-refractivity contribution is 5.99. The van der Waals surface area contributed by atoms with E-state index in [1.165, 1.54) is 18.5 Å². The maximum Gasteiger partial charge on any atom is 0.417 e. The van der Waals surface area contributed by atoms with Crippen LogP contribution in [0.2, 0.25) is 0 Å². The number of nitrogens with zero attached hydrogens (tertiary/aromatic N) is 4. The molecule has 1 amide bonds. The third-order valence-electron chi connectivity index (χ3n) is 7.19. The molecule has 0 aromatic carbocycles. The van der Waals surface area contributed by atoms with E-state index in [-0.39, 0.29) is 23.4 Å². The molecule has 1 aliphatic heterocycles. The van der Waals surface area contributed by atoms with Crippen LogP contribution in [0.15, 0.2) is 47.3 Å². The molecule has 3 aromatic heterocycles. The van der Waals surface area contributed by atoms with Crippen molar-refractivity contribution in [2.75, 3.05) is 11.9 Å². The second kappa shape index (κ2) is 6.79. The number of oxazole rings is 1. The normalized spacial score (nSPS) is 27.5. The zero-order chi connectivity index (χ0) is 23.0. The van der Waals surface area contributed by atoms with Crippen molar-refractivity contribution in [3.8, 4) is 11.5 Å². The first-order valence-corrected chi connectivity index (χ1v) is 10.7. The Hall–Kier alpha value is -3.43. The van der Waals surface area contributed by atoms with Crippen LogP contribution in [0, 0.1) is 18.3 Å². The maximum absolute atomic E-state index is 13.6. The number of hydrogen-bond acceptors (Lipinski definition) is 6. The zero-order valence-corrected chi connectivity index (χ0v) is 17.6. The van der Waals surface area contributed by atoms with Crippen molar-refractivity contribution < 1.29 is 22.4 Å². The third kappa shape index (κ3) is 3.11. The molecule has 1 N–H and O–H groups in total. The Morgan fingerprint density at radius 3 is 2.76 bits per heavy atom. The molecule has 4 atom stereocenters. The number of carbonyl (C=O) groups excluding carboxylic acids is 1. The van der Waals surface area contributed by atoms with Gasteiger partial charge in [-0.1, -0.05) is 0 Å². The van der Waals surface area contributed by atoms with E-state index in [1.807, 2.05) is 17.9 Å². The van der Waals surface area contributed by atoms with Crippen LogP contribution in [0.1, 0.15) is 34.6 Å². The van der Waals surface area contributed by atoms with E-state index >= 15 is 0 Å². The van der Waals surface area contributed by atoms with Gasteiger partial charge < -0.3 is 14.6 Å². The number of halogens is 3. The van der Waals surface area contributed by atoms with Gasteiger partial charge in [0.2, 0.25) is 5.89 Å². The van der Waals surface area contributed by atoms with Gasteiger partial charge in [0.25, 0.3) is 5.91 Å². The fourth-order valence-electron chi connectivity index (χ4n) is 5.58. The van der Waals surface area contributed by atoms with Crippen molar-refractivity contribution in [2.45, 2.75) is 38.0 Å². The summed E-state index contributed by atoms with van der Waals surface area (Å²) >= 11 is 0. The molecule has 3 aliphatic rings. The van der Waals surface area contributed by atoms with Crippen molar-refractivity contribution in [1.29, 1.82) is 0 Å². The highest BCUT2D eigenvalue weighted by Crippen LogP contribution is 2.71. The Morgan fingerprint density at radius 1 is 1.21 bits per heavy atom. The Morgan fingerprint density at radius 2 is 2.06 bits per heavy atom. The lowest BCUT2D eigenvalue weighted by atomic mass is 9.71. The Labute approximate surface area is 187 Å². The molecule has 2 saturated carbocycles. The van der Waals surface area contributed by atoms with E-state index in [2.05, 4.69) is 20.3 Å². The smallest absolute Gasteiger partial charge is 0.417 e. The summed E-state index contributed by atoms with van der Waals surface area (Å²) in [5.41, 5.74) is 0.852. The Bertz CT molecular complexity index is 1230. The van der Waals surface area contributed by atoms with Gasteiger partial charge in [0.15, 0.2) is 0 Å². The molecule has 10 heteroatoms. The third-order valence-corrected chi connectivity index (χ3v) is 7.19. The predicted molar refractivity (Wildman–Crippen MR) is 111 cm³/mol. The molecule has 3 aromatic rings. The number of alkyl halides is 3. The number of aromatic nitrogens is 3. The van der Waals surface area contributed by atoms with Crippen LogP contribution < -0.4 is 5.32 Å². The molecule has 2 aliphatic carbocycles. The zero-order valence-electron chi connectivity index (χ0n) is 17.6. The SMILES string of the molecule is Cc1ccc(-c2ncco2)c(C(=O)N2CC3CC34CC(Nc3ccc(C(F)(F)F)cn3)C24)n1. The van der Waals surface area contributed by atoms with Gasteiger partial charge >= 0.3 is 6.18 Å². The van der Waals surface area contributed by atoms with Crippen LogP contribution in [0.5, 0.6) is 0 Å². The first kappa shape index (κ1) is 20.2. The largest absolute Gasteiger partial charge is 0.444 e. The number of likely N-dealkylation sites (tertiary alicyclic amines) is 1. The minimum absolute atomic E-state index is 0.0567. The summed E-state index contributed by atoms with van der Waals surface area (Å²) in [4.78, 5) is 28.1. The number of rotatable bonds is 4. The van der Waals surface area contributed by atoms with Crippen molar-refractivity contribution in [3.63, 3.8) is 0 Å². The molecule has 7 nitrogen and oxygen atoms in total. The van der Waals surface area contributed by atoms with Gasteiger partial charge in [-0.2, -0.15) is 13.2 Å². The van der Waals surface area contributed by atoms with E-state index in [0.717, 1.165) is 25.1 Å². The monoisotopic (exact) mass is 455 g/mol. The second-order valence-electron chi connectivity index (χ2n) is 9.11. The molecule has 4 heterocycles. The molecule has 3 fully saturated rings. The molecule has 4 unspecified atom stereocenters. The minimum atomic E-state index is -4.43. The Balaban J connectivity index is 1.26. The fourth-order valence-corrected chi connectivity index (χ4v) is 5.58. The van der Waals surface area contributed by atoms with E-state index in [0.29, 0.717) is 41.1 Å². The number of carbonyl (C=O) groups is 1. The molecule has 1 saturated heterocycles. The molecule has 1 spiro atoms. The summed E-state index contributed by atoms with van der Waals surface area (Å²) < 4.78 is 43.9. The van der Waals surface area contributed by atoms with Crippen LogP contribution in [0.4, 0.5) is 19.0 Å². The number of anilines is 1. The number of amides is 1. The topological polar surface area (TPSA) is 84.2 Å². The lowest BCUT2D eigenvalue weighted by Crippen LogP contribution is -2.60. The number of piperidine rings is 1. The molecular weight excluding hydrogens is 435 g/mol. The number of nitrogens with one attached hydrogen (secondary N) is 1. The highest BCUT2D eigenvalue weighted by Gasteiger charge is 2.75. The van der Waals surface area contributed by atoms with Crippen LogP contribution in [-0.4, -0.2) is 44.4 Å². The second-order valence-corrected chi connectivity index (χ2v) is 9.11. The predicted octanol–water partition coefficient (Wildman–Crippen LogP) is 4.17. The summed E-state index contributed by atoms with van der Waals surface area (Å²) in [6.07, 6.45) is 1.30. The molecule has 170 valence electrons. The first-order chi connectivity index (χ1) is 15.8. The molecule has 33 heavy (non-hydrogen) atoms. The summed E-state index contributed by atoms with van der Waals surface area (Å²) in [6, 6.07) is 5.81. The van der Waals surface area contributed by atoms with Crippen molar-refractivity contribution in [1.82, 2.24) is 19.9 Å². The fraction of sp³-hybridized carbons (Fsp3) is 0.391. The van der Waals surface area contributed by atoms with Gasteiger partial charge in [0.05, 0.1) is 23.4 Å². The summed E-state index contributed by atoms with van der Waals surface area (Å²) in [5.74, 6) is 0.964. The molecule has 0 radical (unpaired) electrons. The maximum atomic E-state index is 13.6. The number of hydrogen-bond donors (Lipinski definition) is 1. The summed E-state index contributed by atoms with van der Waals surface area (Å²) in [6.45, 7) is 2.46. The minimum Gasteiger partial charge on any atom is -0.444 e. The van der Waals surface area contributed by atoms with Crippen LogP contribution in [0.25, 0.3) is 11.5 Å². The number of pyridine rings is 2. The molecule has 0 bridgehead atoms. The van der Waals surface area contributed by atoms with Crippen molar-refractivity contribution >= 4 is 11.7 Å². The quantitative estimate of drug-likeness (QED) is 0.636. The van der Waals surface area contributed by atoms with E-state index in [9.17, 15) is 18.0 Å². The summed E-state index contributed by atoms with van der Waals surface area (Å²) in [5, 5.41) is 3.25. The highest BCUT2D eigenvalue weighted by atomic mass is 19.4. The molecular formula is C23H20F3N5O2. The van der Waals surface area contributed by atoms with Crippen molar-refractivity contribution in [2.24, 2.45) is 11.3 Å². The van der Waals surface area contributed by atoms with Gasteiger partial charge in [0, 0.05) is 24.5 Å². The standard InChI is InChI=1S/C23H20F3N5O2/c1-12-2-4-15(20-27-6-7-33-20)18(29-12)21(32)31-11-14-8-22(14)9-16(19(22)31)30-17-5-3-13(10-28-17)23(24,25)26/h2-7,10,14,16,19H,8-9,11H2,1H3,(H,28,30). The summed E-state index contributed by atoms with van der Waals surface area (Å²) in [7, 11) is 0. The van der Waals surface area contributed by atoms with Gasteiger partial charge in [-0.25, -0.2) is 15.0 Å². The average Bonchev–Trinajstić information content (AvgIpc) is 3.14. The van der Waals surface area contributed by atoms with Gasteiger partial charge in [-0.15, -0.1) is 0 Å². The Kier molecular flexibility index (Phi) is 4.15. The molecule has 6 rings (SSSR count). The number of aryl methyl sites for hydroxylation is 1. The first-order valence-electron chi connectivity index (χ1n) is 10.7. The average molecular weight is 455 g/mol. The van der Waals surface area contributed by atoms with Gasteiger partial charge in [-0.05, 0) is 55.4 Å². The van der Waals surface area contributed by atoms with Gasteiger partial charge in [0.1, 0.15) is 17.8 Å². The van der Waals surface area contributed by atoms with E-state index in [4.69, 9.17) is 4.42 Å². The van der Waals surface area contributed by atoms with Crippen LogP contribution in [0.3, 0.4) is 0 Å².